The maximum absolute atomic E-state index is 11.3. The Morgan fingerprint density at radius 1 is 1.10 bits per heavy atom. The number of carboxylic acids is 1. The van der Waals surface area contributed by atoms with Crippen LogP contribution in [0, 0.1) is 5.41 Å². The molecule has 0 aliphatic carbocycles. The van der Waals surface area contributed by atoms with E-state index in [1.54, 1.807) is 28.1 Å². The molecule has 21 heavy (non-hydrogen) atoms. The van der Waals surface area contributed by atoms with Gasteiger partial charge in [-0.15, -0.1) is 0 Å². The minimum absolute atomic E-state index is 0.401. The van der Waals surface area contributed by atoms with Gasteiger partial charge in [0, 0.05) is 10.8 Å². The third-order valence-electron chi connectivity index (χ3n) is 3.69. The van der Waals surface area contributed by atoms with Crippen LogP contribution in [0.4, 0.5) is 0 Å². The molecular weight excluding hydrogens is 268 g/mol. The van der Waals surface area contributed by atoms with Crippen LogP contribution >= 0.6 is 0 Å². The van der Waals surface area contributed by atoms with Crippen molar-refractivity contribution in [2.45, 2.75) is 20.3 Å². The average Bonchev–Trinajstić information content (AvgIpc) is 2.45. The highest BCUT2D eigenvalue weighted by molar-refractivity contribution is 5.94. The van der Waals surface area contributed by atoms with Crippen LogP contribution in [0.3, 0.4) is 0 Å². The monoisotopic (exact) mass is 288 g/mol. The predicted octanol–water partition coefficient (Wildman–Crippen LogP) is 3.51. The molecule has 112 valence electrons. The van der Waals surface area contributed by atoms with Gasteiger partial charge in [-0.3, -0.25) is 4.79 Å². The number of hydrogen-bond acceptors (Lipinski definition) is 3. The molecule has 0 heterocycles. The lowest BCUT2D eigenvalue weighted by atomic mass is 9.85. The van der Waals surface area contributed by atoms with Gasteiger partial charge in [0.05, 0.1) is 19.6 Å². The first-order valence-corrected chi connectivity index (χ1v) is 6.76. The van der Waals surface area contributed by atoms with E-state index in [-0.39, 0.29) is 0 Å². The number of aliphatic carboxylic acids is 1. The van der Waals surface area contributed by atoms with Crippen LogP contribution in [-0.2, 0) is 11.2 Å². The van der Waals surface area contributed by atoms with Gasteiger partial charge >= 0.3 is 5.97 Å². The number of benzene rings is 2. The summed E-state index contributed by atoms with van der Waals surface area (Å²) in [4.78, 5) is 11.3. The Labute approximate surface area is 124 Å². The maximum Gasteiger partial charge on any atom is 0.309 e. The van der Waals surface area contributed by atoms with Gasteiger partial charge in [-0.2, -0.15) is 0 Å². The molecule has 2 aromatic carbocycles. The minimum atomic E-state index is -0.847. The molecule has 0 aliphatic rings. The SMILES string of the molecule is COc1cccc2c(OC)c(CC(C)(C)C(=O)O)ccc12. The van der Waals surface area contributed by atoms with Crippen LogP contribution in [0.1, 0.15) is 19.4 Å². The molecule has 0 bridgehead atoms. The van der Waals surface area contributed by atoms with E-state index in [1.165, 1.54) is 0 Å². The highest BCUT2D eigenvalue weighted by atomic mass is 16.5. The van der Waals surface area contributed by atoms with E-state index in [0.717, 1.165) is 22.1 Å². The van der Waals surface area contributed by atoms with Crippen LogP contribution < -0.4 is 9.47 Å². The summed E-state index contributed by atoms with van der Waals surface area (Å²) in [5, 5.41) is 11.2. The summed E-state index contributed by atoms with van der Waals surface area (Å²) in [5.41, 5.74) is 0.0328. The lowest BCUT2D eigenvalue weighted by Crippen LogP contribution is -2.26. The molecule has 0 unspecified atom stereocenters. The van der Waals surface area contributed by atoms with Crippen molar-refractivity contribution in [1.29, 1.82) is 0 Å². The van der Waals surface area contributed by atoms with Crippen LogP contribution in [0.25, 0.3) is 10.8 Å². The molecule has 0 saturated heterocycles. The van der Waals surface area contributed by atoms with Crippen LogP contribution in [0.2, 0.25) is 0 Å². The molecule has 0 fully saturated rings. The Hall–Kier alpha value is -2.23. The van der Waals surface area contributed by atoms with Gasteiger partial charge in [0.2, 0.25) is 0 Å². The number of carbonyl (C=O) groups is 1. The fraction of sp³-hybridized carbons (Fsp3) is 0.353. The lowest BCUT2D eigenvalue weighted by Gasteiger charge is -2.21. The molecule has 0 atom stereocenters. The van der Waals surface area contributed by atoms with Crippen molar-refractivity contribution in [3.8, 4) is 11.5 Å². The number of methoxy groups -OCH3 is 2. The molecule has 1 N–H and O–H groups in total. The van der Waals surface area contributed by atoms with Crippen molar-refractivity contribution in [1.82, 2.24) is 0 Å². The first-order valence-electron chi connectivity index (χ1n) is 6.76. The number of ether oxygens (including phenoxy) is 2. The molecule has 2 aromatic rings. The standard InChI is InChI=1S/C17H20O4/c1-17(2,16(18)19)10-11-8-9-12-13(15(11)21-4)6-5-7-14(12)20-3/h5-9H,10H2,1-4H3,(H,18,19). The van der Waals surface area contributed by atoms with Gasteiger partial charge in [-0.05, 0) is 31.9 Å². The van der Waals surface area contributed by atoms with Gasteiger partial charge in [0.25, 0.3) is 0 Å². The van der Waals surface area contributed by atoms with Crippen LogP contribution in [0.15, 0.2) is 30.3 Å². The fourth-order valence-corrected chi connectivity index (χ4v) is 2.46. The van der Waals surface area contributed by atoms with Crippen molar-refractivity contribution in [3.63, 3.8) is 0 Å². The Morgan fingerprint density at radius 3 is 2.38 bits per heavy atom. The first-order chi connectivity index (χ1) is 9.90. The number of hydrogen-bond donors (Lipinski definition) is 1. The number of fused-ring (bicyclic) bond motifs is 1. The van der Waals surface area contributed by atoms with Crippen molar-refractivity contribution in [2.24, 2.45) is 5.41 Å². The third kappa shape index (κ3) is 2.79. The normalized spacial score (nSPS) is 11.4. The average molecular weight is 288 g/mol. The summed E-state index contributed by atoms with van der Waals surface area (Å²) >= 11 is 0. The van der Waals surface area contributed by atoms with E-state index in [4.69, 9.17) is 9.47 Å². The van der Waals surface area contributed by atoms with Gasteiger partial charge in [-0.1, -0.05) is 24.3 Å². The third-order valence-corrected chi connectivity index (χ3v) is 3.69. The Bertz CT molecular complexity index is 674. The quantitative estimate of drug-likeness (QED) is 0.914. The zero-order valence-electron chi connectivity index (χ0n) is 12.8. The Morgan fingerprint density at radius 2 is 1.81 bits per heavy atom. The number of carboxylic acid groups (broad SMARTS) is 1. The van der Waals surface area contributed by atoms with E-state index < -0.39 is 11.4 Å². The molecule has 0 amide bonds. The summed E-state index contributed by atoms with van der Waals surface area (Å²) in [6.45, 7) is 3.43. The van der Waals surface area contributed by atoms with Gasteiger partial charge in [0.1, 0.15) is 11.5 Å². The van der Waals surface area contributed by atoms with Crippen molar-refractivity contribution in [3.05, 3.63) is 35.9 Å². The lowest BCUT2D eigenvalue weighted by molar-refractivity contribution is -0.146. The topological polar surface area (TPSA) is 55.8 Å². The molecule has 0 saturated carbocycles. The minimum Gasteiger partial charge on any atom is -0.496 e. The zero-order chi connectivity index (χ0) is 15.6. The second-order valence-corrected chi connectivity index (χ2v) is 5.68. The highest BCUT2D eigenvalue weighted by Gasteiger charge is 2.29. The van der Waals surface area contributed by atoms with Crippen molar-refractivity contribution in [2.75, 3.05) is 14.2 Å². The van der Waals surface area contributed by atoms with E-state index in [0.29, 0.717) is 12.2 Å². The molecule has 4 heteroatoms. The predicted molar refractivity (Wildman–Crippen MR) is 82.2 cm³/mol. The summed E-state index contributed by atoms with van der Waals surface area (Å²) < 4.78 is 10.9. The second-order valence-electron chi connectivity index (χ2n) is 5.68. The fourth-order valence-electron chi connectivity index (χ4n) is 2.46. The van der Waals surface area contributed by atoms with Crippen molar-refractivity contribution >= 4 is 16.7 Å². The summed E-state index contributed by atoms with van der Waals surface area (Å²) in [7, 11) is 3.23. The van der Waals surface area contributed by atoms with Crippen LogP contribution in [0.5, 0.6) is 11.5 Å². The molecule has 0 aliphatic heterocycles. The van der Waals surface area contributed by atoms with Gasteiger partial charge in [0.15, 0.2) is 0 Å². The molecule has 0 aromatic heterocycles. The van der Waals surface area contributed by atoms with E-state index >= 15 is 0 Å². The van der Waals surface area contributed by atoms with E-state index in [9.17, 15) is 9.90 Å². The molecule has 4 nitrogen and oxygen atoms in total. The summed E-state index contributed by atoms with van der Waals surface area (Å²) in [6, 6.07) is 9.60. The largest absolute Gasteiger partial charge is 0.496 e. The number of rotatable bonds is 5. The van der Waals surface area contributed by atoms with Gasteiger partial charge in [-0.25, -0.2) is 0 Å². The van der Waals surface area contributed by atoms with E-state index in [2.05, 4.69) is 0 Å². The molecular formula is C17H20O4. The smallest absolute Gasteiger partial charge is 0.309 e. The van der Waals surface area contributed by atoms with Crippen LogP contribution in [-0.4, -0.2) is 25.3 Å². The first kappa shape index (κ1) is 15.2. The van der Waals surface area contributed by atoms with E-state index in [1.807, 2.05) is 30.3 Å². The van der Waals surface area contributed by atoms with Crippen molar-refractivity contribution < 1.29 is 19.4 Å². The Kier molecular flexibility index (Phi) is 4.07. The molecule has 0 spiro atoms. The summed E-state index contributed by atoms with van der Waals surface area (Å²) in [6.07, 6.45) is 0.401. The second kappa shape index (κ2) is 5.64. The molecule has 0 radical (unpaired) electrons. The summed E-state index contributed by atoms with van der Waals surface area (Å²) in [5.74, 6) is 0.658. The zero-order valence-corrected chi connectivity index (χ0v) is 12.8. The molecule has 2 rings (SSSR count). The van der Waals surface area contributed by atoms with Gasteiger partial charge < -0.3 is 14.6 Å². The maximum atomic E-state index is 11.3. The Balaban J connectivity index is 2.59. The highest BCUT2D eigenvalue weighted by Crippen LogP contribution is 2.37.